The Hall–Kier alpha value is -1.55. The van der Waals surface area contributed by atoms with Crippen LogP contribution in [0.1, 0.15) is 24.1 Å². The van der Waals surface area contributed by atoms with Crippen LogP contribution < -0.4 is 5.73 Å². The molecule has 3 rings (SSSR count). The molecule has 1 aliphatic carbocycles. The summed E-state index contributed by atoms with van der Waals surface area (Å²) in [5.74, 6) is 0.211. The van der Waals surface area contributed by atoms with Gasteiger partial charge < -0.3 is 5.73 Å². The number of hydrogen-bond acceptors (Lipinski definition) is 2. The Kier molecular flexibility index (Phi) is 2.74. The molecule has 0 atom stereocenters. The molecule has 1 aromatic carbocycles. The molecule has 0 saturated heterocycles. The fourth-order valence-corrected chi connectivity index (χ4v) is 2.73. The molecule has 0 radical (unpaired) electrons. The SMILES string of the molecule is Nc1nn(-c2ccc(F)cc2Cl)c2c1CCCC2. The minimum Gasteiger partial charge on any atom is -0.382 e. The zero-order valence-electron chi connectivity index (χ0n) is 9.79. The molecular formula is C13H13ClFN3. The van der Waals surface area contributed by atoms with Crippen LogP contribution >= 0.6 is 11.6 Å². The predicted octanol–water partition coefficient (Wildman–Crippen LogP) is 3.13. The lowest BCUT2D eigenvalue weighted by Crippen LogP contribution is -2.08. The lowest BCUT2D eigenvalue weighted by molar-refractivity contribution is 0.625. The molecule has 0 spiro atoms. The first-order valence-corrected chi connectivity index (χ1v) is 6.36. The molecule has 94 valence electrons. The van der Waals surface area contributed by atoms with Crippen LogP contribution in [0.5, 0.6) is 0 Å². The monoisotopic (exact) mass is 265 g/mol. The Bertz CT molecular complexity index is 607. The van der Waals surface area contributed by atoms with Crippen molar-refractivity contribution in [2.45, 2.75) is 25.7 Å². The number of nitrogen functional groups attached to an aromatic ring is 1. The van der Waals surface area contributed by atoms with Crippen molar-refractivity contribution in [3.63, 3.8) is 0 Å². The van der Waals surface area contributed by atoms with E-state index >= 15 is 0 Å². The lowest BCUT2D eigenvalue weighted by Gasteiger charge is -2.14. The molecule has 0 bridgehead atoms. The quantitative estimate of drug-likeness (QED) is 0.861. The number of hydrogen-bond donors (Lipinski definition) is 1. The molecule has 0 aliphatic heterocycles. The molecule has 18 heavy (non-hydrogen) atoms. The Morgan fingerprint density at radius 3 is 2.83 bits per heavy atom. The van der Waals surface area contributed by atoms with Crippen molar-refractivity contribution >= 4 is 17.4 Å². The van der Waals surface area contributed by atoms with Gasteiger partial charge in [0.15, 0.2) is 0 Å². The highest BCUT2D eigenvalue weighted by atomic mass is 35.5. The maximum absolute atomic E-state index is 13.1. The summed E-state index contributed by atoms with van der Waals surface area (Å²) in [6.07, 6.45) is 4.16. The van der Waals surface area contributed by atoms with Gasteiger partial charge in [-0.3, -0.25) is 0 Å². The summed E-state index contributed by atoms with van der Waals surface area (Å²) in [5, 5.41) is 4.69. The second kappa shape index (κ2) is 4.28. The smallest absolute Gasteiger partial charge is 0.149 e. The van der Waals surface area contributed by atoms with Crippen LogP contribution in [0, 0.1) is 5.82 Å². The van der Waals surface area contributed by atoms with E-state index in [2.05, 4.69) is 5.10 Å². The molecule has 0 saturated carbocycles. The summed E-state index contributed by atoms with van der Waals surface area (Å²) in [7, 11) is 0. The number of halogens is 2. The van der Waals surface area contributed by atoms with Gasteiger partial charge in [0.1, 0.15) is 11.6 Å². The molecule has 5 heteroatoms. The normalized spacial score (nSPS) is 14.6. The van der Waals surface area contributed by atoms with E-state index in [1.165, 1.54) is 12.1 Å². The second-order valence-corrected chi connectivity index (χ2v) is 4.93. The molecule has 1 aromatic heterocycles. The van der Waals surface area contributed by atoms with Crippen LogP contribution in [0.15, 0.2) is 18.2 Å². The summed E-state index contributed by atoms with van der Waals surface area (Å²) >= 11 is 6.07. The van der Waals surface area contributed by atoms with E-state index in [0.29, 0.717) is 16.5 Å². The number of anilines is 1. The number of benzene rings is 1. The van der Waals surface area contributed by atoms with E-state index in [-0.39, 0.29) is 5.82 Å². The molecule has 1 heterocycles. The minimum absolute atomic E-state index is 0.349. The third kappa shape index (κ3) is 1.77. The van der Waals surface area contributed by atoms with E-state index in [1.54, 1.807) is 10.7 Å². The number of fused-ring (bicyclic) bond motifs is 1. The van der Waals surface area contributed by atoms with Crippen molar-refractivity contribution in [1.29, 1.82) is 0 Å². The van der Waals surface area contributed by atoms with Gasteiger partial charge >= 0.3 is 0 Å². The van der Waals surface area contributed by atoms with Gasteiger partial charge in [-0.1, -0.05) is 11.6 Å². The number of nitrogens with two attached hydrogens (primary N) is 1. The maximum atomic E-state index is 13.1. The third-order valence-electron chi connectivity index (χ3n) is 3.35. The van der Waals surface area contributed by atoms with Crippen LogP contribution in [-0.4, -0.2) is 9.78 Å². The van der Waals surface area contributed by atoms with Crippen molar-refractivity contribution in [2.24, 2.45) is 0 Å². The Labute approximate surface area is 109 Å². The molecule has 1 aliphatic rings. The summed E-state index contributed by atoms with van der Waals surface area (Å²) in [4.78, 5) is 0. The number of aromatic nitrogens is 2. The zero-order valence-corrected chi connectivity index (χ0v) is 10.5. The molecule has 0 amide bonds. The van der Waals surface area contributed by atoms with Gasteiger partial charge in [0.05, 0.1) is 10.7 Å². The minimum atomic E-state index is -0.349. The van der Waals surface area contributed by atoms with Gasteiger partial charge in [-0.25, -0.2) is 9.07 Å². The molecule has 2 aromatic rings. The predicted molar refractivity (Wildman–Crippen MR) is 69.6 cm³/mol. The summed E-state index contributed by atoms with van der Waals surface area (Å²) in [6.45, 7) is 0. The standard InChI is InChI=1S/C13H13ClFN3/c14-10-7-8(15)5-6-12(10)18-11-4-2-1-3-9(11)13(16)17-18/h5-7H,1-4H2,(H2,16,17). The average molecular weight is 266 g/mol. The van der Waals surface area contributed by atoms with E-state index in [4.69, 9.17) is 17.3 Å². The molecule has 0 fully saturated rings. The van der Waals surface area contributed by atoms with Crippen LogP contribution in [0.4, 0.5) is 10.2 Å². The van der Waals surface area contributed by atoms with E-state index in [0.717, 1.165) is 36.9 Å². The topological polar surface area (TPSA) is 43.8 Å². The highest BCUT2D eigenvalue weighted by Gasteiger charge is 2.21. The van der Waals surface area contributed by atoms with Crippen LogP contribution in [0.25, 0.3) is 5.69 Å². The summed E-state index contributed by atoms with van der Waals surface area (Å²) < 4.78 is 14.8. The van der Waals surface area contributed by atoms with Crippen molar-refractivity contribution in [2.75, 3.05) is 5.73 Å². The fourth-order valence-electron chi connectivity index (χ4n) is 2.48. The van der Waals surface area contributed by atoms with Gasteiger partial charge in [-0.05, 0) is 43.9 Å². The van der Waals surface area contributed by atoms with Crippen LogP contribution in [-0.2, 0) is 12.8 Å². The first-order valence-electron chi connectivity index (χ1n) is 5.98. The first kappa shape index (κ1) is 11.5. The first-order chi connectivity index (χ1) is 8.66. The van der Waals surface area contributed by atoms with Gasteiger partial charge in [-0.15, -0.1) is 0 Å². The largest absolute Gasteiger partial charge is 0.382 e. The molecular weight excluding hydrogens is 253 g/mol. The summed E-state index contributed by atoms with van der Waals surface area (Å²) in [5.41, 5.74) is 8.83. The average Bonchev–Trinajstić information content (AvgIpc) is 2.68. The van der Waals surface area contributed by atoms with E-state index in [9.17, 15) is 4.39 Å². The molecule has 0 unspecified atom stereocenters. The third-order valence-corrected chi connectivity index (χ3v) is 3.65. The highest BCUT2D eigenvalue weighted by molar-refractivity contribution is 6.32. The van der Waals surface area contributed by atoms with Gasteiger partial charge in [-0.2, -0.15) is 5.10 Å². The Morgan fingerprint density at radius 1 is 1.28 bits per heavy atom. The zero-order chi connectivity index (χ0) is 12.7. The number of nitrogens with zero attached hydrogens (tertiary/aromatic N) is 2. The molecule has 3 nitrogen and oxygen atoms in total. The van der Waals surface area contributed by atoms with Gasteiger partial charge in [0, 0.05) is 11.3 Å². The molecule has 2 N–H and O–H groups in total. The number of rotatable bonds is 1. The van der Waals surface area contributed by atoms with Crippen molar-refractivity contribution in [1.82, 2.24) is 9.78 Å². The van der Waals surface area contributed by atoms with Crippen molar-refractivity contribution in [3.8, 4) is 5.69 Å². The van der Waals surface area contributed by atoms with Gasteiger partial charge in [0.2, 0.25) is 0 Å². The lowest BCUT2D eigenvalue weighted by atomic mass is 9.97. The van der Waals surface area contributed by atoms with Gasteiger partial charge in [0.25, 0.3) is 0 Å². The van der Waals surface area contributed by atoms with Crippen molar-refractivity contribution < 1.29 is 4.39 Å². The van der Waals surface area contributed by atoms with Crippen LogP contribution in [0.3, 0.4) is 0 Å². The summed E-state index contributed by atoms with van der Waals surface area (Å²) in [6, 6.07) is 4.32. The van der Waals surface area contributed by atoms with E-state index < -0.39 is 0 Å². The second-order valence-electron chi connectivity index (χ2n) is 4.53. The van der Waals surface area contributed by atoms with Crippen LogP contribution in [0.2, 0.25) is 5.02 Å². The highest BCUT2D eigenvalue weighted by Crippen LogP contribution is 2.30. The van der Waals surface area contributed by atoms with Crippen molar-refractivity contribution in [3.05, 3.63) is 40.3 Å². The van der Waals surface area contributed by atoms with E-state index in [1.807, 2.05) is 0 Å². The maximum Gasteiger partial charge on any atom is 0.149 e. The fraction of sp³-hybridized carbons (Fsp3) is 0.308. The Balaban J connectivity index is 2.17. The Morgan fingerprint density at radius 2 is 2.06 bits per heavy atom.